The Labute approximate surface area is 138 Å². The summed E-state index contributed by atoms with van der Waals surface area (Å²) in [4.78, 5) is 17.2. The van der Waals surface area contributed by atoms with E-state index in [1.54, 1.807) is 13.1 Å². The van der Waals surface area contributed by atoms with Crippen molar-refractivity contribution in [2.24, 2.45) is 7.05 Å². The largest absolute Gasteiger partial charge is 0.372 e. The molecular weight excluding hydrogens is 306 g/mol. The molecule has 4 rings (SSSR count). The van der Waals surface area contributed by atoms with Gasteiger partial charge >= 0.3 is 0 Å². The number of nitrogens with one attached hydrogen (secondary N) is 2. The minimum atomic E-state index is -0.112. The summed E-state index contributed by atoms with van der Waals surface area (Å²) in [6.45, 7) is 6.07. The Bertz CT molecular complexity index is 990. The van der Waals surface area contributed by atoms with Gasteiger partial charge in [-0.3, -0.25) is 24.7 Å². The number of H-pyrrole nitrogens is 2. The Hall–Kier alpha value is -2.67. The normalized spacial score (nSPS) is 14.4. The molecule has 0 atom stereocenters. The first-order valence-corrected chi connectivity index (χ1v) is 7.96. The van der Waals surface area contributed by atoms with E-state index in [-0.39, 0.29) is 5.56 Å². The summed E-state index contributed by atoms with van der Waals surface area (Å²) in [5, 5.41) is 11.2. The zero-order valence-corrected chi connectivity index (χ0v) is 13.7. The predicted molar refractivity (Wildman–Crippen MR) is 91.6 cm³/mol. The highest BCUT2D eigenvalue weighted by Crippen LogP contribution is 2.28. The summed E-state index contributed by atoms with van der Waals surface area (Å²) >= 11 is 0. The fourth-order valence-corrected chi connectivity index (χ4v) is 2.88. The lowest BCUT2D eigenvalue weighted by Crippen LogP contribution is -2.13. The number of aryl methyl sites for hydroxylation is 2. The summed E-state index contributed by atoms with van der Waals surface area (Å²) in [6.07, 6.45) is 4.21. The van der Waals surface area contributed by atoms with Crippen molar-refractivity contribution in [2.75, 3.05) is 0 Å². The molecule has 124 valence electrons. The molecular formula is C17H19N5O2. The van der Waals surface area contributed by atoms with Gasteiger partial charge in [0.25, 0.3) is 5.56 Å². The van der Waals surface area contributed by atoms with Crippen LogP contribution in [0.2, 0.25) is 0 Å². The van der Waals surface area contributed by atoms with Crippen molar-refractivity contribution < 1.29 is 4.74 Å². The second-order valence-corrected chi connectivity index (χ2v) is 6.17. The number of fused-ring (bicyclic) bond motifs is 1. The highest BCUT2D eigenvalue weighted by Gasteiger charge is 2.24. The van der Waals surface area contributed by atoms with Gasteiger partial charge in [0.15, 0.2) is 0 Å². The molecule has 3 aromatic rings. The van der Waals surface area contributed by atoms with Crippen LogP contribution in [0.25, 0.3) is 28.2 Å². The first kappa shape index (κ1) is 14.9. The minimum absolute atomic E-state index is 0.112. The molecule has 7 heteroatoms. The summed E-state index contributed by atoms with van der Waals surface area (Å²) in [5.41, 5.74) is 4.20. The Morgan fingerprint density at radius 1 is 1.50 bits per heavy atom. The van der Waals surface area contributed by atoms with Crippen LogP contribution in [0.15, 0.2) is 17.4 Å². The molecule has 1 saturated carbocycles. The van der Waals surface area contributed by atoms with E-state index in [9.17, 15) is 4.79 Å². The van der Waals surface area contributed by atoms with Crippen LogP contribution >= 0.6 is 0 Å². The van der Waals surface area contributed by atoms with Crippen LogP contribution in [-0.4, -0.2) is 31.1 Å². The molecule has 0 aromatic carbocycles. The third kappa shape index (κ3) is 2.37. The summed E-state index contributed by atoms with van der Waals surface area (Å²) in [7, 11) is 1.70. The molecule has 2 N–H and O–H groups in total. The summed E-state index contributed by atoms with van der Waals surface area (Å²) < 4.78 is 7.24. The van der Waals surface area contributed by atoms with Gasteiger partial charge in [-0.1, -0.05) is 6.58 Å². The number of nitrogens with zero attached hydrogens (tertiary/aromatic N) is 3. The lowest BCUT2D eigenvalue weighted by molar-refractivity contribution is 0.103. The van der Waals surface area contributed by atoms with E-state index in [0.717, 1.165) is 40.8 Å². The minimum Gasteiger partial charge on any atom is -0.372 e. The standard InChI is InChI=1S/C17H19N5O2/c1-4-12-11-7-13(18-9(2)16(11)20-19-12)15-14(8-24-10-5-6-10)21-22(3)17(15)23/h4,7,10,21H,1,5-6,8H2,2-3H3,(H,19,20). The highest BCUT2D eigenvalue weighted by atomic mass is 16.5. The van der Waals surface area contributed by atoms with Crippen molar-refractivity contribution in [3.63, 3.8) is 0 Å². The van der Waals surface area contributed by atoms with Crippen LogP contribution in [0.1, 0.15) is 29.9 Å². The van der Waals surface area contributed by atoms with E-state index in [1.807, 2.05) is 13.0 Å². The molecule has 24 heavy (non-hydrogen) atoms. The quantitative estimate of drug-likeness (QED) is 0.753. The number of aromatic nitrogens is 5. The zero-order valence-electron chi connectivity index (χ0n) is 13.7. The number of pyridine rings is 1. The Balaban J connectivity index is 1.86. The fraction of sp³-hybridized carbons (Fsp3) is 0.353. The van der Waals surface area contributed by atoms with Gasteiger partial charge in [0.05, 0.1) is 41.1 Å². The lowest BCUT2D eigenvalue weighted by Gasteiger charge is -2.05. The predicted octanol–water partition coefficient (Wildman–Crippen LogP) is 2.28. The van der Waals surface area contributed by atoms with Gasteiger partial charge in [-0.15, -0.1) is 0 Å². The van der Waals surface area contributed by atoms with E-state index in [4.69, 9.17) is 4.74 Å². The van der Waals surface area contributed by atoms with Gasteiger partial charge in [-0.25, -0.2) is 0 Å². The maximum absolute atomic E-state index is 12.6. The second kappa shape index (κ2) is 5.45. The molecule has 1 aliphatic carbocycles. The number of hydrogen-bond donors (Lipinski definition) is 2. The maximum Gasteiger partial charge on any atom is 0.276 e. The van der Waals surface area contributed by atoms with Gasteiger partial charge in [0.1, 0.15) is 5.52 Å². The smallest absolute Gasteiger partial charge is 0.276 e. The topological polar surface area (TPSA) is 88.6 Å². The van der Waals surface area contributed by atoms with Crippen molar-refractivity contribution in [2.45, 2.75) is 32.5 Å². The van der Waals surface area contributed by atoms with Crippen molar-refractivity contribution >= 4 is 17.0 Å². The van der Waals surface area contributed by atoms with E-state index < -0.39 is 0 Å². The third-order valence-electron chi connectivity index (χ3n) is 4.32. The highest BCUT2D eigenvalue weighted by molar-refractivity contribution is 5.90. The molecule has 1 aliphatic rings. The zero-order chi connectivity index (χ0) is 16.8. The van der Waals surface area contributed by atoms with Crippen molar-refractivity contribution in [3.8, 4) is 11.3 Å². The molecule has 0 aliphatic heterocycles. The van der Waals surface area contributed by atoms with Crippen LogP contribution in [0.5, 0.6) is 0 Å². The third-order valence-corrected chi connectivity index (χ3v) is 4.32. The van der Waals surface area contributed by atoms with Crippen molar-refractivity contribution in [1.29, 1.82) is 0 Å². The molecule has 0 spiro atoms. The first-order chi connectivity index (χ1) is 11.6. The molecule has 0 bridgehead atoms. The monoisotopic (exact) mass is 325 g/mol. The average molecular weight is 325 g/mol. The molecule has 0 radical (unpaired) electrons. The van der Waals surface area contributed by atoms with Gasteiger partial charge in [0.2, 0.25) is 0 Å². The number of aromatic amines is 2. The summed E-state index contributed by atoms with van der Waals surface area (Å²) in [6, 6.07) is 1.88. The van der Waals surface area contributed by atoms with E-state index in [0.29, 0.717) is 24.0 Å². The van der Waals surface area contributed by atoms with Crippen LogP contribution in [0.4, 0.5) is 0 Å². The molecule has 3 aromatic heterocycles. The summed E-state index contributed by atoms with van der Waals surface area (Å²) in [5.74, 6) is 0. The second-order valence-electron chi connectivity index (χ2n) is 6.17. The Morgan fingerprint density at radius 2 is 2.29 bits per heavy atom. The SMILES string of the molecule is C=Cc1[nH]nc2c(C)nc(-c3c(COC4CC4)[nH]n(C)c3=O)cc12. The molecule has 7 nitrogen and oxygen atoms in total. The Kier molecular flexibility index (Phi) is 3.38. The number of hydrogen-bond acceptors (Lipinski definition) is 4. The van der Waals surface area contributed by atoms with Crippen LogP contribution in [-0.2, 0) is 18.4 Å². The van der Waals surface area contributed by atoms with Crippen LogP contribution < -0.4 is 5.56 Å². The van der Waals surface area contributed by atoms with Gasteiger partial charge in [-0.2, -0.15) is 5.10 Å². The lowest BCUT2D eigenvalue weighted by atomic mass is 10.1. The number of rotatable bonds is 5. The first-order valence-electron chi connectivity index (χ1n) is 7.96. The molecule has 0 amide bonds. The van der Waals surface area contributed by atoms with Gasteiger partial charge in [0, 0.05) is 12.4 Å². The van der Waals surface area contributed by atoms with Crippen molar-refractivity contribution in [3.05, 3.63) is 40.1 Å². The average Bonchev–Trinajstić information content (AvgIpc) is 3.23. The van der Waals surface area contributed by atoms with Crippen molar-refractivity contribution in [1.82, 2.24) is 25.0 Å². The van der Waals surface area contributed by atoms with Gasteiger partial charge in [-0.05, 0) is 31.9 Å². The molecule has 1 fully saturated rings. The molecule has 0 saturated heterocycles. The van der Waals surface area contributed by atoms with E-state index in [2.05, 4.69) is 26.9 Å². The number of ether oxygens (including phenoxy) is 1. The van der Waals surface area contributed by atoms with E-state index in [1.165, 1.54) is 4.68 Å². The van der Waals surface area contributed by atoms with E-state index >= 15 is 0 Å². The van der Waals surface area contributed by atoms with Crippen LogP contribution in [0.3, 0.4) is 0 Å². The maximum atomic E-state index is 12.6. The molecule has 3 heterocycles. The molecule has 0 unspecified atom stereocenters. The fourth-order valence-electron chi connectivity index (χ4n) is 2.88. The Morgan fingerprint density at radius 3 is 3.00 bits per heavy atom. The van der Waals surface area contributed by atoms with Crippen LogP contribution in [0, 0.1) is 6.92 Å². The van der Waals surface area contributed by atoms with Gasteiger partial charge < -0.3 is 4.74 Å².